The van der Waals surface area contributed by atoms with Crippen LogP contribution < -0.4 is 5.32 Å². The second-order valence-electron chi connectivity index (χ2n) is 4.09. The molecule has 0 bridgehead atoms. The van der Waals surface area contributed by atoms with Crippen molar-refractivity contribution in [3.05, 3.63) is 27.3 Å². The van der Waals surface area contributed by atoms with Gasteiger partial charge < -0.3 is 15.2 Å². The Kier molecular flexibility index (Phi) is 4.83. The fourth-order valence-electron chi connectivity index (χ4n) is 1.80. The number of anilines is 1. The Balaban J connectivity index is 2.16. The van der Waals surface area contributed by atoms with Gasteiger partial charge in [-0.05, 0) is 13.0 Å². The molecule has 7 nitrogen and oxygen atoms in total. The zero-order valence-electron chi connectivity index (χ0n) is 11.0. The van der Waals surface area contributed by atoms with Gasteiger partial charge in [-0.1, -0.05) is 0 Å². The maximum absolute atomic E-state index is 11.1. The van der Waals surface area contributed by atoms with Crippen molar-refractivity contribution in [2.24, 2.45) is 0 Å². The van der Waals surface area contributed by atoms with Crippen LogP contribution in [0.4, 0.5) is 11.4 Å². The van der Waals surface area contributed by atoms with Crippen LogP contribution in [0, 0.1) is 17.0 Å². The van der Waals surface area contributed by atoms with E-state index in [1.807, 2.05) is 6.92 Å². The highest BCUT2D eigenvalue weighted by Crippen LogP contribution is 2.32. The van der Waals surface area contributed by atoms with Crippen molar-refractivity contribution in [2.45, 2.75) is 6.92 Å². The average molecular weight is 297 g/mol. The van der Waals surface area contributed by atoms with E-state index in [9.17, 15) is 10.1 Å². The Morgan fingerprint density at radius 2 is 2.30 bits per heavy atom. The van der Waals surface area contributed by atoms with E-state index in [1.165, 1.54) is 17.4 Å². The average Bonchev–Trinajstić information content (AvgIpc) is 2.76. The maximum Gasteiger partial charge on any atom is 0.293 e. The molecular weight excluding hydrogens is 282 g/mol. The second kappa shape index (κ2) is 6.60. The molecule has 108 valence electrons. The van der Waals surface area contributed by atoms with Gasteiger partial charge in [0.15, 0.2) is 0 Å². The number of ether oxygens (including phenoxy) is 1. The highest BCUT2D eigenvalue weighted by molar-refractivity contribution is 7.18. The van der Waals surface area contributed by atoms with Crippen LogP contribution in [0.1, 0.15) is 5.01 Å². The lowest BCUT2D eigenvalue weighted by molar-refractivity contribution is -0.383. The minimum Gasteiger partial charge on any atom is -0.394 e. The molecule has 0 aliphatic heterocycles. The number of aliphatic hydroxyl groups is 1. The molecule has 0 fully saturated rings. The number of aromatic nitrogens is 1. The van der Waals surface area contributed by atoms with Crippen molar-refractivity contribution in [3.8, 4) is 0 Å². The van der Waals surface area contributed by atoms with Gasteiger partial charge in [0, 0.05) is 12.6 Å². The predicted molar refractivity (Wildman–Crippen MR) is 77.4 cm³/mol. The smallest absolute Gasteiger partial charge is 0.293 e. The summed E-state index contributed by atoms with van der Waals surface area (Å²) in [5.74, 6) is 0. The van der Waals surface area contributed by atoms with Crippen LogP contribution in [0.3, 0.4) is 0 Å². The number of nitrogens with zero attached hydrogens (tertiary/aromatic N) is 2. The molecule has 8 heteroatoms. The van der Waals surface area contributed by atoms with Crippen molar-refractivity contribution in [1.29, 1.82) is 0 Å². The van der Waals surface area contributed by atoms with E-state index in [4.69, 9.17) is 9.84 Å². The SMILES string of the molecule is Cc1nc2cc(NCCOCCO)c([N+](=O)[O-])cc2s1. The van der Waals surface area contributed by atoms with Crippen LogP contribution in [0.2, 0.25) is 0 Å². The van der Waals surface area contributed by atoms with Crippen LogP contribution in [-0.4, -0.2) is 41.4 Å². The van der Waals surface area contributed by atoms with E-state index in [-0.39, 0.29) is 18.9 Å². The first-order valence-corrected chi connectivity index (χ1v) is 6.91. The molecule has 1 heterocycles. The van der Waals surface area contributed by atoms with Crippen LogP contribution in [0.5, 0.6) is 0 Å². The summed E-state index contributed by atoms with van der Waals surface area (Å²) < 4.78 is 5.90. The lowest BCUT2D eigenvalue weighted by Gasteiger charge is -2.07. The van der Waals surface area contributed by atoms with E-state index in [0.717, 1.165) is 15.2 Å². The van der Waals surface area contributed by atoms with Gasteiger partial charge in [-0.3, -0.25) is 10.1 Å². The zero-order valence-corrected chi connectivity index (χ0v) is 11.8. The highest BCUT2D eigenvalue weighted by Gasteiger charge is 2.16. The van der Waals surface area contributed by atoms with Crippen molar-refractivity contribution >= 4 is 32.9 Å². The molecule has 0 saturated carbocycles. The Bertz CT molecular complexity index is 614. The normalized spacial score (nSPS) is 10.9. The van der Waals surface area contributed by atoms with E-state index in [0.29, 0.717) is 18.8 Å². The van der Waals surface area contributed by atoms with Gasteiger partial charge in [-0.15, -0.1) is 11.3 Å². The standard InChI is InChI=1S/C12H15N3O4S/c1-8-14-10-6-9(13-2-4-19-5-3-16)11(15(17)18)7-12(10)20-8/h6-7,13,16H,2-5H2,1H3. The first-order chi connectivity index (χ1) is 9.61. The number of benzene rings is 1. The van der Waals surface area contributed by atoms with Gasteiger partial charge >= 0.3 is 0 Å². The van der Waals surface area contributed by atoms with Gasteiger partial charge in [0.25, 0.3) is 5.69 Å². The molecule has 2 rings (SSSR count). The molecule has 0 unspecified atom stereocenters. The van der Waals surface area contributed by atoms with E-state index in [2.05, 4.69) is 10.3 Å². The van der Waals surface area contributed by atoms with Gasteiger partial charge in [0.2, 0.25) is 0 Å². The molecular formula is C12H15N3O4S. The minimum absolute atomic E-state index is 0.0308. The third-order valence-electron chi connectivity index (χ3n) is 2.61. The molecule has 2 aromatic rings. The fraction of sp³-hybridized carbons (Fsp3) is 0.417. The lowest BCUT2D eigenvalue weighted by atomic mass is 10.2. The number of fused-ring (bicyclic) bond motifs is 1. The number of nitrogens with one attached hydrogen (secondary N) is 1. The van der Waals surface area contributed by atoms with Crippen LogP contribution in [0.15, 0.2) is 12.1 Å². The summed E-state index contributed by atoms with van der Waals surface area (Å²) >= 11 is 1.43. The highest BCUT2D eigenvalue weighted by atomic mass is 32.1. The number of hydrogen-bond donors (Lipinski definition) is 2. The molecule has 2 N–H and O–H groups in total. The number of hydrogen-bond acceptors (Lipinski definition) is 7. The Morgan fingerprint density at radius 1 is 1.50 bits per heavy atom. The molecule has 1 aromatic carbocycles. The van der Waals surface area contributed by atoms with Crippen LogP contribution >= 0.6 is 11.3 Å². The minimum atomic E-state index is -0.411. The first kappa shape index (κ1) is 14.6. The number of aliphatic hydroxyl groups excluding tert-OH is 1. The Labute approximate surface area is 119 Å². The van der Waals surface area contributed by atoms with Crippen molar-refractivity contribution in [2.75, 3.05) is 31.7 Å². The van der Waals surface area contributed by atoms with Gasteiger partial charge in [0.05, 0.1) is 40.0 Å². The third kappa shape index (κ3) is 3.41. The molecule has 20 heavy (non-hydrogen) atoms. The summed E-state index contributed by atoms with van der Waals surface area (Å²) in [7, 11) is 0. The van der Waals surface area contributed by atoms with Gasteiger partial charge in [-0.2, -0.15) is 0 Å². The summed E-state index contributed by atoms with van der Waals surface area (Å²) in [6, 6.07) is 3.22. The Hall–Kier alpha value is -1.77. The number of rotatable bonds is 7. The summed E-state index contributed by atoms with van der Waals surface area (Å²) in [6.45, 7) is 2.88. The summed E-state index contributed by atoms with van der Waals surface area (Å²) in [5.41, 5.74) is 1.21. The van der Waals surface area contributed by atoms with Gasteiger partial charge in [0.1, 0.15) is 5.69 Å². The molecule has 0 spiro atoms. The predicted octanol–water partition coefficient (Wildman–Crippen LogP) is 1.93. The number of nitro benzene ring substituents is 1. The van der Waals surface area contributed by atoms with Crippen LogP contribution in [0.25, 0.3) is 10.2 Å². The topological polar surface area (TPSA) is 97.5 Å². The van der Waals surface area contributed by atoms with Crippen molar-refractivity contribution < 1.29 is 14.8 Å². The zero-order chi connectivity index (χ0) is 14.5. The van der Waals surface area contributed by atoms with Crippen molar-refractivity contribution in [1.82, 2.24) is 4.98 Å². The maximum atomic E-state index is 11.1. The summed E-state index contributed by atoms with van der Waals surface area (Å²) in [6.07, 6.45) is 0. The molecule has 0 aliphatic rings. The molecule has 1 aromatic heterocycles. The van der Waals surface area contributed by atoms with Gasteiger partial charge in [-0.25, -0.2) is 4.98 Å². The second-order valence-corrected chi connectivity index (χ2v) is 5.32. The molecule has 0 amide bonds. The molecule has 0 saturated heterocycles. The number of thiazole rings is 1. The Morgan fingerprint density at radius 3 is 3.00 bits per heavy atom. The lowest BCUT2D eigenvalue weighted by Crippen LogP contribution is -2.12. The van der Waals surface area contributed by atoms with E-state index in [1.54, 1.807) is 6.07 Å². The van der Waals surface area contributed by atoms with E-state index >= 15 is 0 Å². The summed E-state index contributed by atoms with van der Waals surface area (Å²) in [4.78, 5) is 15.0. The van der Waals surface area contributed by atoms with E-state index < -0.39 is 4.92 Å². The third-order valence-corrected chi connectivity index (χ3v) is 3.54. The number of nitro groups is 1. The summed E-state index contributed by atoms with van der Waals surface area (Å²) in [5, 5.41) is 23.5. The largest absolute Gasteiger partial charge is 0.394 e. The quantitative estimate of drug-likeness (QED) is 0.460. The van der Waals surface area contributed by atoms with Crippen molar-refractivity contribution in [3.63, 3.8) is 0 Å². The first-order valence-electron chi connectivity index (χ1n) is 6.10. The molecule has 0 atom stereocenters. The fourth-order valence-corrected chi connectivity index (χ4v) is 2.64. The molecule has 0 radical (unpaired) electrons. The number of aryl methyl sites for hydroxylation is 1. The van der Waals surface area contributed by atoms with Crippen LogP contribution in [-0.2, 0) is 4.74 Å². The molecule has 0 aliphatic carbocycles. The monoisotopic (exact) mass is 297 g/mol.